The van der Waals surface area contributed by atoms with E-state index in [9.17, 15) is 8.42 Å². The van der Waals surface area contributed by atoms with E-state index in [2.05, 4.69) is 5.32 Å². The Bertz CT molecular complexity index is 367. The predicted octanol–water partition coefficient (Wildman–Crippen LogP) is 1.19. The first-order valence-electron chi connectivity index (χ1n) is 4.97. The van der Waals surface area contributed by atoms with Crippen molar-refractivity contribution in [2.45, 2.75) is 25.6 Å². The molecule has 0 atom stereocenters. The van der Waals surface area contributed by atoms with Crippen molar-refractivity contribution in [2.75, 3.05) is 12.3 Å². The molecule has 0 amide bonds. The van der Waals surface area contributed by atoms with E-state index in [0.29, 0.717) is 13.1 Å². The van der Waals surface area contributed by atoms with Crippen LogP contribution in [-0.4, -0.2) is 26.0 Å². The van der Waals surface area contributed by atoms with Crippen LogP contribution < -0.4 is 5.32 Å². The molecule has 1 aromatic heterocycles. The van der Waals surface area contributed by atoms with Crippen LogP contribution in [0.1, 0.15) is 19.6 Å². The number of sulfone groups is 1. The molecule has 1 aromatic rings. The summed E-state index contributed by atoms with van der Waals surface area (Å²) in [4.78, 5) is 0. The standard InChI is InChI=1S/C10H17NO3S/c1-9(2)15(12,13)7-5-11-8-10-4-3-6-14-10/h3-4,6,9,11H,5,7-8H2,1-2H3. The molecule has 1 heterocycles. The first-order valence-corrected chi connectivity index (χ1v) is 6.68. The van der Waals surface area contributed by atoms with E-state index in [1.165, 1.54) is 0 Å². The molecule has 0 aromatic carbocycles. The van der Waals surface area contributed by atoms with Crippen molar-refractivity contribution in [1.29, 1.82) is 0 Å². The molecule has 0 fully saturated rings. The lowest BCUT2D eigenvalue weighted by molar-refractivity contribution is 0.486. The van der Waals surface area contributed by atoms with Crippen molar-refractivity contribution in [3.8, 4) is 0 Å². The molecule has 0 aliphatic carbocycles. The molecular weight excluding hydrogens is 214 g/mol. The van der Waals surface area contributed by atoms with Gasteiger partial charge in [0.2, 0.25) is 0 Å². The van der Waals surface area contributed by atoms with E-state index < -0.39 is 9.84 Å². The summed E-state index contributed by atoms with van der Waals surface area (Å²) in [6.45, 7) is 4.42. The molecule has 0 aliphatic heterocycles. The number of nitrogens with one attached hydrogen (secondary N) is 1. The van der Waals surface area contributed by atoms with Crippen LogP contribution >= 0.6 is 0 Å². The van der Waals surface area contributed by atoms with Crippen LogP contribution in [0.3, 0.4) is 0 Å². The maximum atomic E-state index is 11.4. The smallest absolute Gasteiger partial charge is 0.153 e. The van der Waals surface area contributed by atoms with Crippen molar-refractivity contribution in [2.24, 2.45) is 0 Å². The summed E-state index contributed by atoms with van der Waals surface area (Å²) >= 11 is 0. The summed E-state index contributed by atoms with van der Waals surface area (Å²) in [5.41, 5.74) is 0. The molecule has 0 spiro atoms. The Balaban J connectivity index is 2.23. The van der Waals surface area contributed by atoms with Crippen molar-refractivity contribution in [3.63, 3.8) is 0 Å². The fourth-order valence-electron chi connectivity index (χ4n) is 1.07. The lowest BCUT2D eigenvalue weighted by atomic mass is 10.4. The Kier molecular flexibility index (Phi) is 4.35. The summed E-state index contributed by atoms with van der Waals surface area (Å²) < 4.78 is 28.0. The molecule has 5 heteroatoms. The number of hydrogen-bond donors (Lipinski definition) is 1. The largest absolute Gasteiger partial charge is 0.468 e. The maximum Gasteiger partial charge on any atom is 0.153 e. The van der Waals surface area contributed by atoms with Gasteiger partial charge in [0.05, 0.1) is 23.8 Å². The van der Waals surface area contributed by atoms with Gasteiger partial charge in [0, 0.05) is 6.54 Å². The molecule has 1 N–H and O–H groups in total. The van der Waals surface area contributed by atoms with Crippen LogP contribution in [0.5, 0.6) is 0 Å². The van der Waals surface area contributed by atoms with Crippen LogP contribution in [0.25, 0.3) is 0 Å². The topological polar surface area (TPSA) is 59.3 Å². The van der Waals surface area contributed by atoms with Crippen LogP contribution in [0.15, 0.2) is 22.8 Å². The van der Waals surface area contributed by atoms with Gasteiger partial charge < -0.3 is 9.73 Å². The molecule has 0 unspecified atom stereocenters. The highest BCUT2D eigenvalue weighted by molar-refractivity contribution is 7.92. The Morgan fingerprint density at radius 1 is 1.47 bits per heavy atom. The molecule has 0 aliphatic rings. The normalized spacial score (nSPS) is 12.2. The maximum absolute atomic E-state index is 11.4. The van der Waals surface area contributed by atoms with Gasteiger partial charge in [-0.25, -0.2) is 8.42 Å². The van der Waals surface area contributed by atoms with Gasteiger partial charge in [-0.1, -0.05) is 0 Å². The molecule has 86 valence electrons. The second-order valence-corrected chi connectivity index (χ2v) is 6.35. The summed E-state index contributed by atoms with van der Waals surface area (Å²) in [6.07, 6.45) is 1.60. The molecule has 4 nitrogen and oxygen atoms in total. The lowest BCUT2D eigenvalue weighted by Gasteiger charge is -2.07. The molecular formula is C10H17NO3S. The third-order valence-corrected chi connectivity index (χ3v) is 4.37. The van der Waals surface area contributed by atoms with E-state index in [1.54, 1.807) is 20.1 Å². The third-order valence-electron chi connectivity index (χ3n) is 2.16. The molecule has 0 saturated carbocycles. The minimum absolute atomic E-state index is 0.172. The fraction of sp³-hybridized carbons (Fsp3) is 0.600. The van der Waals surface area contributed by atoms with Gasteiger partial charge in [0.1, 0.15) is 5.76 Å². The minimum Gasteiger partial charge on any atom is -0.468 e. The van der Waals surface area contributed by atoms with Crippen molar-refractivity contribution >= 4 is 9.84 Å². The molecule has 0 radical (unpaired) electrons. The fourth-order valence-corrected chi connectivity index (χ4v) is 1.98. The minimum atomic E-state index is -2.93. The lowest BCUT2D eigenvalue weighted by Crippen LogP contribution is -2.26. The summed E-state index contributed by atoms with van der Waals surface area (Å²) in [7, 11) is -2.93. The van der Waals surface area contributed by atoms with E-state index in [4.69, 9.17) is 4.42 Å². The Morgan fingerprint density at radius 3 is 2.73 bits per heavy atom. The van der Waals surface area contributed by atoms with Crippen molar-refractivity contribution in [1.82, 2.24) is 5.32 Å². The zero-order chi connectivity index (χ0) is 11.3. The van der Waals surface area contributed by atoms with Crippen LogP contribution in [0, 0.1) is 0 Å². The summed E-state index contributed by atoms with van der Waals surface area (Å²) in [6, 6.07) is 3.66. The first kappa shape index (κ1) is 12.3. The number of rotatable bonds is 6. The zero-order valence-electron chi connectivity index (χ0n) is 9.06. The van der Waals surface area contributed by atoms with Gasteiger partial charge in [0.15, 0.2) is 9.84 Å². The average Bonchev–Trinajstić information content (AvgIpc) is 2.64. The van der Waals surface area contributed by atoms with Gasteiger partial charge >= 0.3 is 0 Å². The van der Waals surface area contributed by atoms with Gasteiger partial charge in [-0.3, -0.25) is 0 Å². The van der Waals surface area contributed by atoms with Crippen molar-refractivity contribution in [3.05, 3.63) is 24.2 Å². The highest BCUT2D eigenvalue weighted by atomic mass is 32.2. The molecule has 0 bridgehead atoms. The summed E-state index contributed by atoms with van der Waals surface area (Å²) in [5, 5.41) is 2.72. The zero-order valence-corrected chi connectivity index (χ0v) is 9.88. The predicted molar refractivity (Wildman–Crippen MR) is 59.3 cm³/mol. The monoisotopic (exact) mass is 231 g/mol. The van der Waals surface area contributed by atoms with Crippen molar-refractivity contribution < 1.29 is 12.8 Å². The highest BCUT2D eigenvalue weighted by Crippen LogP contribution is 2.01. The highest BCUT2D eigenvalue weighted by Gasteiger charge is 2.14. The van der Waals surface area contributed by atoms with Gasteiger partial charge in [-0.05, 0) is 26.0 Å². The van der Waals surface area contributed by atoms with Gasteiger partial charge in [-0.15, -0.1) is 0 Å². The van der Waals surface area contributed by atoms with E-state index >= 15 is 0 Å². The third kappa shape index (κ3) is 4.05. The number of furan rings is 1. The second-order valence-electron chi connectivity index (χ2n) is 3.67. The molecule has 1 rings (SSSR count). The Hall–Kier alpha value is -0.810. The van der Waals surface area contributed by atoms with Gasteiger partial charge in [0.25, 0.3) is 0 Å². The SMILES string of the molecule is CC(C)S(=O)(=O)CCNCc1ccco1. The first-order chi connectivity index (χ1) is 7.02. The van der Waals surface area contributed by atoms with E-state index in [1.807, 2.05) is 12.1 Å². The molecule has 15 heavy (non-hydrogen) atoms. The number of hydrogen-bond acceptors (Lipinski definition) is 4. The van der Waals surface area contributed by atoms with Crippen LogP contribution in [0.2, 0.25) is 0 Å². The van der Waals surface area contributed by atoms with Crippen LogP contribution in [-0.2, 0) is 16.4 Å². The van der Waals surface area contributed by atoms with Gasteiger partial charge in [-0.2, -0.15) is 0 Å². The Morgan fingerprint density at radius 2 is 2.20 bits per heavy atom. The van der Waals surface area contributed by atoms with Crippen LogP contribution in [0.4, 0.5) is 0 Å². The quantitative estimate of drug-likeness (QED) is 0.747. The van der Waals surface area contributed by atoms with E-state index in [0.717, 1.165) is 5.76 Å². The molecule has 0 saturated heterocycles. The Labute approximate surface area is 90.6 Å². The summed E-state index contributed by atoms with van der Waals surface area (Å²) in [5.74, 6) is 0.989. The van der Waals surface area contributed by atoms with E-state index in [-0.39, 0.29) is 11.0 Å². The second kappa shape index (κ2) is 5.32. The average molecular weight is 231 g/mol.